The SMILES string of the molecule is O=C1Nc2ccc(F)cc2/C1=N/NC(=S)Nc1cccc(O)c1. The molecule has 4 N–H and O–H groups in total. The van der Waals surface area contributed by atoms with Gasteiger partial charge >= 0.3 is 0 Å². The van der Waals surface area contributed by atoms with Crippen molar-refractivity contribution in [3.8, 4) is 5.75 Å². The number of halogens is 1. The molecule has 1 amide bonds. The molecule has 2 aromatic rings. The molecule has 2 aromatic carbocycles. The summed E-state index contributed by atoms with van der Waals surface area (Å²) in [5, 5.41) is 18.8. The molecule has 0 spiro atoms. The third-order valence-electron chi connectivity index (χ3n) is 3.07. The molecular weight excluding hydrogens is 319 g/mol. The Hall–Kier alpha value is -3.00. The van der Waals surface area contributed by atoms with Crippen LogP contribution in [0.15, 0.2) is 47.6 Å². The highest BCUT2D eigenvalue weighted by molar-refractivity contribution is 7.80. The van der Waals surface area contributed by atoms with Gasteiger partial charge in [0.2, 0.25) is 0 Å². The molecule has 1 heterocycles. The Morgan fingerprint density at radius 2 is 2.09 bits per heavy atom. The Balaban J connectivity index is 1.74. The minimum absolute atomic E-state index is 0.0413. The molecule has 1 aliphatic heterocycles. The summed E-state index contributed by atoms with van der Waals surface area (Å²) in [5.74, 6) is -0.824. The molecule has 0 saturated carbocycles. The molecule has 0 radical (unpaired) electrons. The van der Waals surface area contributed by atoms with Crippen molar-refractivity contribution < 1.29 is 14.3 Å². The third-order valence-corrected chi connectivity index (χ3v) is 3.27. The lowest BCUT2D eigenvalue weighted by Gasteiger charge is -2.07. The first-order chi connectivity index (χ1) is 11.0. The number of hydrazone groups is 1. The molecule has 0 saturated heterocycles. The highest BCUT2D eigenvalue weighted by Crippen LogP contribution is 2.24. The molecular formula is C15H11FN4O2S. The molecule has 8 heteroatoms. The number of nitrogens with zero attached hydrogens (tertiary/aromatic N) is 1. The van der Waals surface area contributed by atoms with E-state index in [1.807, 2.05) is 0 Å². The minimum atomic E-state index is -0.464. The molecule has 3 rings (SSSR count). The Kier molecular flexibility index (Phi) is 3.90. The fourth-order valence-corrected chi connectivity index (χ4v) is 2.25. The molecule has 0 atom stereocenters. The van der Waals surface area contributed by atoms with Crippen LogP contribution in [-0.2, 0) is 4.79 Å². The maximum Gasteiger partial charge on any atom is 0.276 e. The summed E-state index contributed by atoms with van der Waals surface area (Å²) >= 11 is 5.06. The number of carbonyl (C=O) groups excluding carboxylic acids is 1. The molecule has 0 unspecified atom stereocenters. The second-order valence-electron chi connectivity index (χ2n) is 4.72. The normalized spacial score (nSPS) is 14.3. The van der Waals surface area contributed by atoms with E-state index in [-0.39, 0.29) is 16.6 Å². The average Bonchev–Trinajstić information content (AvgIpc) is 2.80. The van der Waals surface area contributed by atoms with Crippen molar-refractivity contribution in [1.82, 2.24) is 5.43 Å². The van der Waals surface area contributed by atoms with Crippen LogP contribution in [0.3, 0.4) is 0 Å². The summed E-state index contributed by atoms with van der Waals surface area (Å²) in [6, 6.07) is 10.3. The van der Waals surface area contributed by atoms with Gasteiger partial charge in [-0.15, -0.1) is 0 Å². The summed E-state index contributed by atoms with van der Waals surface area (Å²) in [6.07, 6.45) is 0. The van der Waals surface area contributed by atoms with E-state index >= 15 is 0 Å². The summed E-state index contributed by atoms with van der Waals surface area (Å²) in [6.45, 7) is 0. The lowest BCUT2D eigenvalue weighted by atomic mass is 10.1. The van der Waals surface area contributed by atoms with E-state index in [9.17, 15) is 14.3 Å². The first kappa shape index (κ1) is 14.9. The number of hydrogen-bond acceptors (Lipinski definition) is 4. The predicted molar refractivity (Wildman–Crippen MR) is 89.0 cm³/mol. The van der Waals surface area contributed by atoms with Crippen molar-refractivity contribution in [3.05, 3.63) is 53.8 Å². The van der Waals surface area contributed by atoms with Crippen molar-refractivity contribution >= 4 is 40.3 Å². The molecule has 1 aliphatic rings. The number of aromatic hydroxyl groups is 1. The van der Waals surface area contributed by atoms with Gasteiger partial charge in [0, 0.05) is 17.3 Å². The van der Waals surface area contributed by atoms with Gasteiger partial charge in [0.15, 0.2) is 10.8 Å². The number of amides is 1. The standard InChI is InChI=1S/C15H11FN4O2S/c16-8-4-5-12-11(6-8)13(14(22)18-12)19-20-15(23)17-9-2-1-3-10(21)7-9/h1-7,21H,(H2,17,20,23)(H,18,19,22). The van der Waals surface area contributed by atoms with Gasteiger partial charge in [-0.2, -0.15) is 5.10 Å². The summed E-state index contributed by atoms with van der Waals surface area (Å²) in [4.78, 5) is 11.9. The number of nitrogens with one attached hydrogen (secondary N) is 3. The number of anilines is 2. The summed E-state index contributed by atoms with van der Waals surface area (Å²) < 4.78 is 13.3. The predicted octanol–water partition coefficient (Wildman–Crippen LogP) is 2.17. The quantitative estimate of drug-likeness (QED) is 0.501. The van der Waals surface area contributed by atoms with Crippen molar-refractivity contribution in [2.45, 2.75) is 0 Å². The second-order valence-corrected chi connectivity index (χ2v) is 5.13. The smallest absolute Gasteiger partial charge is 0.276 e. The van der Waals surface area contributed by atoms with Crippen LogP contribution in [0.2, 0.25) is 0 Å². The number of hydrogen-bond donors (Lipinski definition) is 4. The summed E-state index contributed by atoms with van der Waals surface area (Å²) in [5.41, 5.74) is 3.98. The van der Waals surface area contributed by atoms with Crippen molar-refractivity contribution in [2.24, 2.45) is 5.10 Å². The van der Waals surface area contributed by atoms with Gasteiger partial charge < -0.3 is 15.7 Å². The maximum absolute atomic E-state index is 13.3. The minimum Gasteiger partial charge on any atom is -0.508 e. The van der Waals surface area contributed by atoms with Gasteiger partial charge in [-0.3, -0.25) is 10.2 Å². The van der Waals surface area contributed by atoms with Crippen LogP contribution in [0.1, 0.15) is 5.56 Å². The number of rotatable bonds is 2. The fourth-order valence-electron chi connectivity index (χ4n) is 2.09. The van der Waals surface area contributed by atoms with Crippen molar-refractivity contribution in [3.63, 3.8) is 0 Å². The Morgan fingerprint density at radius 1 is 1.26 bits per heavy atom. The van der Waals surface area contributed by atoms with E-state index in [1.165, 1.54) is 30.3 Å². The zero-order valence-corrected chi connectivity index (χ0v) is 12.4. The molecule has 23 heavy (non-hydrogen) atoms. The number of thiocarbonyl (C=S) groups is 1. The monoisotopic (exact) mass is 330 g/mol. The van der Waals surface area contributed by atoms with Crippen LogP contribution < -0.4 is 16.1 Å². The molecule has 0 bridgehead atoms. The highest BCUT2D eigenvalue weighted by atomic mass is 32.1. The topological polar surface area (TPSA) is 85.8 Å². The van der Waals surface area contributed by atoms with E-state index in [2.05, 4.69) is 21.2 Å². The van der Waals surface area contributed by atoms with Gasteiger partial charge in [-0.05, 0) is 42.5 Å². The number of phenols is 1. The number of fused-ring (bicyclic) bond motifs is 1. The van der Waals surface area contributed by atoms with Gasteiger partial charge in [0.05, 0.1) is 5.69 Å². The van der Waals surface area contributed by atoms with E-state index < -0.39 is 11.7 Å². The van der Waals surface area contributed by atoms with Gasteiger partial charge in [0.25, 0.3) is 5.91 Å². The molecule has 0 aliphatic carbocycles. The Morgan fingerprint density at radius 3 is 2.87 bits per heavy atom. The number of benzene rings is 2. The van der Waals surface area contributed by atoms with E-state index in [4.69, 9.17) is 12.2 Å². The average molecular weight is 330 g/mol. The van der Waals surface area contributed by atoms with Gasteiger partial charge in [0.1, 0.15) is 11.6 Å². The van der Waals surface area contributed by atoms with Crippen LogP contribution in [0.5, 0.6) is 5.75 Å². The third kappa shape index (κ3) is 3.27. The van der Waals surface area contributed by atoms with E-state index in [0.717, 1.165) is 0 Å². The first-order valence-corrected chi connectivity index (χ1v) is 6.99. The number of carbonyl (C=O) groups is 1. The van der Waals surface area contributed by atoms with Crippen molar-refractivity contribution in [2.75, 3.05) is 10.6 Å². The maximum atomic E-state index is 13.3. The molecule has 0 fully saturated rings. The van der Waals surface area contributed by atoms with E-state index in [1.54, 1.807) is 12.1 Å². The van der Waals surface area contributed by atoms with Gasteiger partial charge in [-0.1, -0.05) is 6.07 Å². The number of phenolic OH excluding ortho intramolecular Hbond substituents is 1. The largest absolute Gasteiger partial charge is 0.508 e. The lowest BCUT2D eigenvalue weighted by Crippen LogP contribution is -2.27. The van der Waals surface area contributed by atoms with Crippen LogP contribution in [0.4, 0.5) is 15.8 Å². The molecule has 6 nitrogen and oxygen atoms in total. The Labute approximate surface area is 136 Å². The molecule has 116 valence electrons. The zero-order valence-electron chi connectivity index (χ0n) is 11.6. The van der Waals surface area contributed by atoms with Gasteiger partial charge in [-0.25, -0.2) is 4.39 Å². The van der Waals surface area contributed by atoms with Crippen LogP contribution in [0.25, 0.3) is 0 Å². The van der Waals surface area contributed by atoms with Crippen molar-refractivity contribution in [1.29, 1.82) is 0 Å². The van der Waals surface area contributed by atoms with Crippen LogP contribution >= 0.6 is 12.2 Å². The first-order valence-electron chi connectivity index (χ1n) is 6.58. The highest BCUT2D eigenvalue weighted by Gasteiger charge is 2.26. The van der Waals surface area contributed by atoms with Crippen LogP contribution in [0, 0.1) is 5.82 Å². The zero-order chi connectivity index (χ0) is 16.4. The summed E-state index contributed by atoms with van der Waals surface area (Å²) in [7, 11) is 0. The molecule has 0 aromatic heterocycles. The van der Waals surface area contributed by atoms with Crippen LogP contribution in [-0.4, -0.2) is 21.8 Å². The van der Waals surface area contributed by atoms with E-state index in [0.29, 0.717) is 16.9 Å². The second kappa shape index (κ2) is 6.01. The lowest BCUT2D eigenvalue weighted by molar-refractivity contribution is -0.110. The fraction of sp³-hybridized carbons (Fsp3) is 0. The Bertz CT molecular complexity index is 838.